The Morgan fingerprint density at radius 1 is 1.36 bits per heavy atom. The second kappa shape index (κ2) is 7.51. The second-order valence-electron chi connectivity index (χ2n) is 6.11. The topological polar surface area (TPSA) is 89.3 Å². The Labute approximate surface area is 151 Å². The number of amides is 1. The van der Waals surface area contributed by atoms with Gasteiger partial charge in [0.2, 0.25) is 0 Å². The van der Waals surface area contributed by atoms with Crippen molar-refractivity contribution in [2.24, 2.45) is 0 Å². The molecule has 3 rings (SSSR count). The fraction of sp³-hybridized carbons (Fsp3) is 0.471. The van der Waals surface area contributed by atoms with Gasteiger partial charge < -0.3 is 19.9 Å². The Balaban J connectivity index is 1.70. The highest BCUT2D eigenvalue weighted by molar-refractivity contribution is 6.30. The summed E-state index contributed by atoms with van der Waals surface area (Å²) < 4.78 is 10.8. The van der Waals surface area contributed by atoms with Crippen LogP contribution in [0.2, 0.25) is 5.02 Å². The van der Waals surface area contributed by atoms with Crippen LogP contribution in [0.1, 0.15) is 31.6 Å². The molecule has 1 aromatic carbocycles. The van der Waals surface area contributed by atoms with Gasteiger partial charge in [-0.2, -0.15) is 4.98 Å². The van der Waals surface area contributed by atoms with Crippen LogP contribution in [0.25, 0.3) is 11.5 Å². The van der Waals surface area contributed by atoms with Gasteiger partial charge in [0.25, 0.3) is 11.8 Å². The van der Waals surface area contributed by atoms with E-state index in [4.69, 9.17) is 20.9 Å². The van der Waals surface area contributed by atoms with E-state index in [1.807, 2.05) is 6.92 Å². The number of ether oxygens (including phenoxy) is 1. The molecule has 1 aliphatic heterocycles. The Hall–Kier alpha value is -1.96. The molecule has 8 heteroatoms. The lowest BCUT2D eigenvalue weighted by Crippen LogP contribution is -2.54. The quantitative estimate of drug-likeness (QED) is 0.846. The molecule has 1 aromatic heterocycles. The molecule has 2 heterocycles. The van der Waals surface area contributed by atoms with Crippen molar-refractivity contribution in [3.05, 3.63) is 35.1 Å². The summed E-state index contributed by atoms with van der Waals surface area (Å²) in [6, 6.07) is 6.73. The zero-order valence-corrected chi connectivity index (χ0v) is 15.0. The van der Waals surface area contributed by atoms with Gasteiger partial charge >= 0.3 is 0 Å². The first-order chi connectivity index (χ1) is 12.0. The maximum Gasteiger partial charge on any atom is 0.257 e. The fourth-order valence-corrected chi connectivity index (χ4v) is 2.99. The van der Waals surface area contributed by atoms with Gasteiger partial charge in [0.05, 0.1) is 6.04 Å². The van der Waals surface area contributed by atoms with Crippen molar-refractivity contribution in [2.45, 2.75) is 31.4 Å². The second-order valence-corrected chi connectivity index (χ2v) is 6.54. The fourth-order valence-electron chi connectivity index (χ4n) is 2.87. The van der Waals surface area contributed by atoms with Crippen LogP contribution < -0.4 is 10.6 Å². The van der Waals surface area contributed by atoms with Crippen LogP contribution in [0.4, 0.5) is 0 Å². The zero-order valence-electron chi connectivity index (χ0n) is 14.2. The van der Waals surface area contributed by atoms with E-state index in [9.17, 15) is 4.79 Å². The SMILES string of the molecule is COC1(C(=O)NC(C)c2noc(-c3ccc(Cl)cc3)n2)CCNCC1. The molecule has 1 unspecified atom stereocenters. The first kappa shape index (κ1) is 17.8. The van der Waals surface area contributed by atoms with Crippen LogP contribution in [-0.4, -0.2) is 41.8 Å². The summed E-state index contributed by atoms with van der Waals surface area (Å²) in [6.07, 6.45) is 1.26. The molecule has 1 aliphatic rings. The molecular formula is C17H21ClN4O3. The summed E-state index contributed by atoms with van der Waals surface area (Å²) in [5, 5.41) is 10.8. The summed E-state index contributed by atoms with van der Waals surface area (Å²) in [5.74, 6) is 0.649. The lowest BCUT2D eigenvalue weighted by atomic mass is 9.91. The average Bonchev–Trinajstić information content (AvgIpc) is 3.13. The van der Waals surface area contributed by atoms with Crippen molar-refractivity contribution in [3.8, 4) is 11.5 Å². The number of carbonyl (C=O) groups is 1. The summed E-state index contributed by atoms with van der Waals surface area (Å²) >= 11 is 5.88. The predicted octanol–water partition coefficient (Wildman–Crippen LogP) is 2.34. The molecule has 2 aromatic rings. The maximum absolute atomic E-state index is 12.7. The van der Waals surface area contributed by atoms with Gasteiger partial charge in [0, 0.05) is 17.7 Å². The summed E-state index contributed by atoms with van der Waals surface area (Å²) in [5.41, 5.74) is -0.0317. The zero-order chi connectivity index (χ0) is 17.9. The van der Waals surface area contributed by atoms with E-state index in [-0.39, 0.29) is 11.9 Å². The largest absolute Gasteiger partial charge is 0.368 e. The number of halogens is 1. The van der Waals surface area contributed by atoms with E-state index in [0.717, 1.165) is 18.7 Å². The smallest absolute Gasteiger partial charge is 0.257 e. The number of methoxy groups -OCH3 is 1. The molecule has 0 aliphatic carbocycles. The molecule has 7 nitrogen and oxygen atoms in total. The molecule has 2 N–H and O–H groups in total. The third-order valence-electron chi connectivity index (χ3n) is 4.48. The first-order valence-corrected chi connectivity index (χ1v) is 8.58. The number of rotatable bonds is 5. The molecule has 1 fully saturated rings. The van der Waals surface area contributed by atoms with E-state index >= 15 is 0 Å². The minimum Gasteiger partial charge on any atom is -0.368 e. The highest BCUT2D eigenvalue weighted by atomic mass is 35.5. The number of nitrogens with one attached hydrogen (secondary N) is 2. The Morgan fingerprint density at radius 2 is 2.04 bits per heavy atom. The molecule has 0 bridgehead atoms. The van der Waals surface area contributed by atoms with Crippen LogP contribution in [0.3, 0.4) is 0 Å². The number of aromatic nitrogens is 2. The Kier molecular flexibility index (Phi) is 5.36. The van der Waals surface area contributed by atoms with Crippen LogP contribution in [-0.2, 0) is 9.53 Å². The van der Waals surface area contributed by atoms with Crippen LogP contribution in [0, 0.1) is 0 Å². The van der Waals surface area contributed by atoms with E-state index < -0.39 is 5.60 Å². The number of nitrogens with zero attached hydrogens (tertiary/aromatic N) is 2. The minimum absolute atomic E-state index is 0.151. The maximum atomic E-state index is 12.7. The summed E-state index contributed by atoms with van der Waals surface area (Å²) in [6.45, 7) is 3.32. The van der Waals surface area contributed by atoms with E-state index in [0.29, 0.717) is 29.6 Å². The molecule has 0 radical (unpaired) electrons. The van der Waals surface area contributed by atoms with Crippen molar-refractivity contribution in [2.75, 3.05) is 20.2 Å². The van der Waals surface area contributed by atoms with Crippen molar-refractivity contribution < 1.29 is 14.1 Å². The van der Waals surface area contributed by atoms with Crippen LogP contribution in [0.15, 0.2) is 28.8 Å². The monoisotopic (exact) mass is 364 g/mol. The number of hydrogen-bond donors (Lipinski definition) is 2. The molecule has 1 atom stereocenters. The van der Waals surface area contributed by atoms with Gasteiger partial charge in [0.1, 0.15) is 5.60 Å². The first-order valence-electron chi connectivity index (χ1n) is 8.20. The van der Waals surface area contributed by atoms with Gasteiger partial charge in [-0.1, -0.05) is 16.8 Å². The lowest BCUT2D eigenvalue weighted by molar-refractivity contribution is -0.147. The third kappa shape index (κ3) is 3.84. The van der Waals surface area contributed by atoms with Crippen molar-refractivity contribution >= 4 is 17.5 Å². The molecular weight excluding hydrogens is 344 g/mol. The normalized spacial score (nSPS) is 17.9. The van der Waals surface area contributed by atoms with Gasteiger partial charge in [0.15, 0.2) is 5.82 Å². The molecule has 1 saturated heterocycles. The molecule has 0 saturated carbocycles. The van der Waals surface area contributed by atoms with Crippen LogP contribution >= 0.6 is 11.6 Å². The number of carbonyl (C=O) groups excluding carboxylic acids is 1. The Bertz CT molecular complexity index is 726. The summed E-state index contributed by atoms with van der Waals surface area (Å²) in [4.78, 5) is 17.1. The molecule has 1 amide bonds. The third-order valence-corrected chi connectivity index (χ3v) is 4.74. The number of benzene rings is 1. The van der Waals surface area contributed by atoms with Gasteiger partial charge in [-0.05, 0) is 57.1 Å². The minimum atomic E-state index is -0.803. The molecule has 134 valence electrons. The molecule has 25 heavy (non-hydrogen) atoms. The van der Waals surface area contributed by atoms with Crippen molar-refractivity contribution in [1.29, 1.82) is 0 Å². The van der Waals surface area contributed by atoms with Crippen LogP contribution in [0.5, 0.6) is 0 Å². The van der Waals surface area contributed by atoms with E-state index in [2.05, 4.69) is 20.8 Å². The van der Waals surface area contributed by atoms with Crippen molar-refractivity contribution in [1.82, 2.24) is 20.8 Å². The predicted molar refractivity (Wildman–Crippen MR) is 93.1 cm³/mol. The van der Waals surface area contributed by atoms with Gasteiger partial charge in [-0.25, -0.2) is 0 Å². The summed E-state index contributed by atoms with van der Waals surface area (Å²) in [7, 11) is 1.57. The Morgan fingerprint density at radius 3 is 2.68 bits per heavy atom. The highest BCUT2D eigenvalue weighted by Crippen LogP contribution is 2.25. The molecule has 0 spiro atoms. The van der Waals surface area contributed by atoms with Gasteiger partial charge in [-0.3, -0.25) is 4.79 Å². The number of hydrogen-bond acceptors (Lipinski definition) is 6. The number of piperidine rings is 1. The van der Waals surface area contributed by atoms with E-state index in [1.54, 1.807) is 31.4 Å². The lowest BCUT2D eigenvalue weighted by Gasteiger charge is -2.35. The average molecular weight is 365 g/mol. The van der Waals surface area contributed by atoms with Gasteiger partial charge in [-0.15, -0.1) is 0 Å². The standard InChI is InChI=1S/C17H21ClN4O3/c1-11(20-16(23)17(24-2)7-9-19-10-8-17)14-21-15(25-22-14)12-3-5-13(18)6-4-12/h3-6,11,19H,7-10H2,1-2H3,(H,20,23). The highest BCUT2D eigenvalue weighted by Gasteiger charge is 2.40. The van der Waals surface area contributed by atoms with Crippen molar-refractivity contribution in [3.63, 3.8) is 0 Å². The van der Waals surface area contributed by atoms with E-state index in [1.165, 1.54) is 0 Å².